The smallest absolute Gasteiger partial charge is 0.396 e. The van der Waals surface area contributed by atoms with Gasteiger partial charge in [0.05, 0.1) is 6.61 Å². The molecule has 0 aromatic heterocycles. The maximum absolute atomic E-state index is 11.1. The van der Waals surface area contributed by atoms with Gasteiger partial charge in [0, 0.05) is 6.54 Å². The summed E-state index contributed by atoms with van der Waals surface area (Å²) in [5, 5.41) is 5.74. The molecular weight excluding hydrogens is 208 g/mol. The molecule has 0 aromatic carbocycles. The lowest BCUT2D eigenvalue weighted by Gasteiger charge is -2.08. The first kappa shape index (κ1) is 14.9. The average Bonchev–Trinajstić information content (AvgIpc) is 2.82. The minimum atomic E-state index is -0.793. The summed E-state index contributed by atoms with van der Waals surface area (Å²) in [5.41, 5.74) is 0. The fourth-order valence-electron chi connectivity index (χ4n) is 1.39. The first-order valence-corrected chi connectivity index (χ1v) is 5.89. The number of carbonyl (C=O) groups excluding carboxylic acids is 2. The summed E-state index contributed by atoms with van der Waals surface area (Å²) < 4.78 is 4.55. The third-order valence-electron chi connectivity index (χ3n) is 2.17. The number of hydrogen-bond acceptors (Lipinski definition) is 4. The molecule has 1 rings (SSSR count). The Kier molecular flexibility index (Phi) is 8.52. The van der Waals surface area contributed by atoms with Crippen molar-refractivity contribution >= 4 is 11.9 Å². The van der Waals surface area contributed by atoms with Gasteiger partial charge in [0.25, 0.3) is 0 Å². The van der Waals surface area contributed by atoms with Crippen molar-refractivity contribution in [2.24, 2.45) is 5.92 Å². The molecule has 1 amide bonds. The van der Waals surface area contributed by atoms with Crippen LogP contribution < -0.4 is 10.6 Å². The molecule has 0 radical (unpaired) electrons. The molecule has 5 heteroatoms. The van der Waals surface area contributed by atoms with Crippen LogP contribution in [0.5, 0.6) is 0 Å². The Labute approximate surface area is 96.9 Å². The lowest BCUT2D eigenvalue weighted by atomic mass is 10.1. The number of nitrogens with one attached hydrogen (secondary N) is 2. The van der Waals surface area contributed by atoms with Gasteiger partial charge in [-0.05, 0) is 32.4 Å². The van der Waals surface area contributed by atoms with Gasteiger partial charge in [-0.1, -0.05) is 13.8 Å². The number of rotatable bonds is 3. The Morgan fingerprint density at radius 1 is 1.44 bits per heavy atom. The number of ether oxygens (including phenoxy) is 1. The summed E-state index contributed by atoms with van der Waals surface area (Å²) in [7, 11) is 0. The van der Waals surface area contributed by atoms with Crippen LogP contribution in [0.2, 0.25) is 0 Å². The fourth-order valence-corrected chi connectivity index (χ4v) is 1.39. The van der Waals surface area contributed by atoms with E-state index in [9.17, 15) is 9.59 Å². The fraction of sp³-hybridized carbons (Fsp3) is 0.818. The minimum Gasteiger partial charge on any atom is -0.459 e. The lowest BCUT2D eigenvalue weighted by Crippen LogP contribution is -2.36. The standard InChI is InChI=1S/C9H16N2O3.C2H6/c1-2-14-9(13)8(12)11-6-7-3-4-10-5-7;1-2/h7,10H,2-6H2,1H3,(H,11,12);1-2H3. The largest absolute Gasteiger partial charge is 0.459 e. The van der Waals surface area contributed by atoms with Crippen LogP contribution in [0, 0.1) is 5.92 Å². The first-order chi connectivity index (χ1) is 7.74. The average molecular weight is 230 g/mol. The van der Waals surface area contributed by atoms with Crippen LogP contribution in [0.1, 0.15) is 27.2 Å². The van der Waals surface area contributed by atoms with E-state index in [4.69, 9.17) is 0 Å². The van der Waals surface area contributed by atoms with Crippen molar-refractivity contribution in [3.63, 3.8) is 0 Å². The van der Waals surface area contributed by atoms with Crippen LogP contribution in [0.4, 0.5) is 0 Å². The molecule has 1 unspecified atom stereocenters. The van der Waals surface area contributed by atoms with Crippen LogP contribution >= 0.6 is 0 Å². The van der Waals surface area contributed by atoms with Crippen molar-refractivity contribution < 1.29 is 14.3 Å². The Morgan fingerprint density at radius 2 is 2.12 bits per heavy atom. The number of hydrogen-bond donors (Lipinski definition) is 2. The SMILES string of the molecule is CC.CCOC(=O)C(=O)NCC1CCNC1. The maximum atomic E-state index is 11.1. The van der Waals surface area contributed by atoms with E-state index < -0.39 is 11.9 Å². The number of carbonyl (C=O) groups is 2. The van der Waals surface area contributed by atoms with Crippen LogP contribution in [-0.2, 0) is 14.3 Å². The molecule has 0 bridgehead atoms. The highest BCUT2D eigenvalue weighted by Crippen LogP contribution is 2.04. The summed E-state index contributed by atoms with van der Waals surface area (Å²) in [6, 6.07) is 0. The summed E-state index contributed by atoms with van der Waals surface area (Å²) >= 11 is 0. The van der Waals surface area contributed by atoms with Crippen molar-refractivity contribution in [2.45, 2.75) is 27.2 Å². The molecule has 1 fully saturated rings. The van der Waals surface area contributed by atoms with Crippen molar-refractivity contribution in [3.8, 4) is 0 Å². The predicted octanol–water partition coefficient (Wildman–Crippen LogP) is 0.301. The minimum absolute atomic E-state index is 0.233. The van der Waals surface area contributed by atoms with Crippen LogP contribution in [0.3, 0.4) is 0 Å². The molecule has 0 saturated carbocycles. The molecular formula is C11H22N2O3. The molecule has 1 heterocycles. The van der Waals surface area contributed by atoms with Gasteiger partial charge in [-0.2, -0.15) is 0 Å². The quantitative estimate of drug-likeness (QED) is 0.540. The van der Waals surface area contributed by atoms with Gasteiger partial charge in [0.15, 0.2) is 0 Å². The Bertz CT molecular complexity index is 213. The van der Waals surface area contributed by atoms with Crippen molar-refractivity contribution in [1.29, 1.82) is 0 Å². The molecule has 1 atom stereocenters. The normalized spacial score (nSPS) is 18.3. The summed E-state index contributed by atoms with van der Waals surface area (Å²) in [6.07, 6.45) is 1.04. The maximum Gasteiger partial charge on any atom is 0.396 e. The van der Waals surface area contributed by atoms with Gasteiger partial charge in [-0.25, -0.2) is 4.79 Å². The molecule has 1 aliphatic heterocycles. The molecule has 16 heavy (non-hydrogen) atoms. The summed E-state index contributed by atoms with van der Waals surface area (Å²) in [4.78, 5) is 22.0. The molecule has 94 valence electrons. The third kappa shape index (κ3) is 5.70. The molecule has 2 N–H and O–H groups in total. The highest BCUT2D eigenvalue weighted by Gasteiger charge is 2.18. The van der Waals surface area contributed by atoms with Gasteiger partial charge in [0.1, 0.15) is 0 Å². The highest BCUT2D eigenvalue weighted by molar-refractivity contribution is 6.32. The Balaban J connectivity index is 0.00000106. The van der Waals surface area contributed by atoms with Crippen molar-refractivity contribution in [2.75, 3.05) is 26.2 Å². The zero-order valence-corrected chi connectivity index (χ0v) is 10.3. The van der Waals surface area contributed by atoms with E-state index in [1.807, 2.05) is 13.8 Å². The van der Waals surface area contributed by atoms with E-state index in [1.165, 1.54) is 0 Å². The van der Waals surface area contributed by atoms with Crippen molar-refractivity contribution in [3.05, 3.63) is 0 Å². The van der Waals surface area contributed by atoms with Gasteiger partial charge in [-0.3, -0.25) is 4.79 Å². The zero-order valence-electron chi connectivity index (χ0n) is 10.3. The zero-order chi connectivity index (χ0) is 12.4. The second-order valence-corrected chi connectivity index (χ2v) is 3.29. The lowest BCUT2D eigenvalue weighted by molar-refractivity contribution is -0.154. The molecule has 1 saturated heterocycles. The monoisotopic (exact) mass is 230 g/mol. The predicted molar refractivity (Wildman–Crippen MR) is 62.0 cm³/mol. The van der Waals surface area contributed by atoms with E-state index in [0.717, 1.165) is 19.5 Å². The third-order valence-corrected chi connectivity index (χ3v) is 2.17. The van der Waals surface area contributed by atoms with Crippen molar-refractivity contribution in [1.82, 2.24) is 10.6 Å². The Morgan fingerprint density at radius 3 is 2.62 bits per heavy atom. The van der Waals surface area contributed by atoms with E-state index in [-0.39, 0.29) is 6.61 Å². The number of amides is 1. The molecule has 0 aliphatic carbocycles. The van der Waals surface area contributed by atoms with Crippen LogP contribution in [0.15, 0.2) is 0 Å². The van der Waals surface area contributed by atoms with Crippen LogP contribution in [0.25, 0.3) is 0 Å². The topological polar surface area (TPSA) is 67.4 Å². The second-order valence-electron chi connectivity index (χ2n) is 3.29. The molecule has 0 aromatic rings. The second kappa shape index (κ2) is 9.15. The van der Waals surface area contributed by atoms with E-state index in [1.54, 1.807) is 6.92 Å². The molecule has 0 spiro atoms. The van der Waals surface area contributed by atoms with Gasteiger partial charge < -0.3 is 15.4 Å². The highest BCUT2D eigenvalue weighted by atomic mass is 16.5. The summed E-state index contributed by atoms with van der Waals surface area (Å²) in [6.45, 7) is 8.34. The molecule has 1 aliphatic rings. The van der Waals surface area contributed by atoms with E-state index >= 15 is 0 Å². The van der Waals surface area contributed by atoms with E-state index in [2.05, 4.69) is 15.4 Å². The van der Waals surface area contributed by atoms with Gasteiger partial charge in [-0.15, -0.1) is 0 Å². The van der Waals surface area contributed by atoms with Crippen LogP contribution in [-0.4, -0.2) is 38.1 Å². The molecule has 5 nitrogen and oxygen atoms in total. The summed E-state index contributed by atoms with van der Waals surface area (Å²) in [5.74, 6) is -0.995. The van der Waals surface area contributed by atoms with Gasteiger partial charge >= 0.3 is 11.9 Å². The number of esters is 1. The Hall–Kier alpha value is -1.10. The van der Waals surface area contributed by atoms with Gasteiger partial charge in [0.2, 0.25) is 0 Å². The first-order valence-electron chi connectivity index (χ1n) is 5.89. The van der Waals surface area contributed by atoms with E-state index in [0.29, 0.717) is 12.5 Å².